The molecule has 0 bridgehead atoms. The Kier molecular flexibility index (Phi) is 7.76. The van der Waals surface area contributed by atoms with Crippen LogP contribution in [0.4, 0.5) is 18.9 Å². The molecule has 32 heavy (non-hydrogen) atoms. The second-order valence-corrected chi connectivity index (χ2v) is 7.69. The molecular weight excluding hydrogens is 480 g/mol. The molecule has 1 N–H and O–H groups in total. The molecule has 1 atom stereocenters. The summed E-state index contributed by atoms with van der Waals surface area (Å²) in [5.41, 5.74) is -1.88. The van der Waals surface area contributed by atoms with Gasteiger partial charge in [-0.15, -0.1) is 4.62 Å². The molecule has 0 amide bonds. The highest BCUT2D eigenvalue weighted by Crippen LogP contribution is 2.39. The maximum atomic E-state index is 12.8. The lowest BCUT2D eigenvalue weighted by molar-refractivity contribution is -0.383. The number of aryl methyl sites for hydroxylation is 1. The lowest BCUT2D eigenvalue weighted by Gasteiger charge is -2.13. The van der Waals surface area contributed by atoms with Gasteiger partial charge in [0.1, 0.15) is 11.5 Å². The van der Waals surface area contributed by atoms with Gasteiger partial charge in [-0.25, -0.2) is 4.79 Å². The average Bonchev–Trinajstić information content (AvgIpc) is 2.71. The molecule has 14 heteroatoms. The van der Waals surface area contributed by atoms with E-state index in [0.29, 0.717) is 6.07 Å². The van der Waals surface area contributed by atoms with E-state index in [2.05, 4.69) is 9.78 Å². The van der Waals surface area contributed by atoms with E-state index in [4.69, 9.17) is 21.4 Å². The number of alkyl halides is 3. The van der Waals surface area contributed by atoms with Gasteiger partial charge in [-0.05, 0) is 41.3 Å². The third-order valence-electron chi connectivity index (χ3n) is 3.97. The lowest BCUT2D eigenvalue weighted by atomic mass is 10.1. The van der Waals surface area contributed by atoms with Gasteiger partial charge in [-0.3, -0.25) is 10.1 Å². The number of carbonyl (C=O) groups is 1. The number of halogens is 4. The van der Waals surface area contributed by atoms with Crippen LogP contribution in [0.25, 0.3) is 0 Å². The molecule has 0 fully saturated rings. The van der Waals surface area contributed by atoms with E-state index in [0.717, 1.165) is 31.2 Å². The van der Waals surface area contributed by atoms with Crippen molar-refractivity contribution < 1.29 is 41.9 Å². The van der Waals surface area contributed by atoms with E-state index in [1.807, 2.05) is 0 Å². The van der Waals surface area contributed by atoms with E-state index < -0.39 is 47.4 Å². The van der Waals surface area contributed by atoms with Crippen molar-refractivity contribution in [3.05, 3.63) is 56.6 Å². The molecule has 0 spiro atoms. The van der Waals surface area contributed by atoms with Crippen LogP contribution in [0.2, 0.25) is 5.02 Å². The molecule has 0 saturated heterocycles. The average molecular weight is 494 g/mol. The number of carboxylic acids is 1. The number of nitro groups is 1. The van der Waals surface area contributed by atoms with Crippen molar-refractivity contribution in [2.24, 2.45) is 5.16 Å². The molecule has 0 heterocycles. The number of benzene rings is 2. The minimum Gasteiger partial charge on any atom is -0.477 e. The zero-order chi connectivity index (χ0) is 24.2. The van der Waals surface area contributed by atoms with Crippen molar-refractivity contribution in [3.63, 3.8) is 0 Å². The molecule has 0 aliphatic carbocycles. The van der Waals surface area contributed by atoms with Crippen molar-refractivity contribution >= 4 is 42.3 Å². The molecule has 1 unspecified atom stereocenters. The molecule has 0 radical (unpaired) electrons. The number of nitrogens with zero attached hydrogens (tertiary/aromatic N) is 2. The first kappa shape index (κ1) is 25.0. The van der Waals surface area contributed by atoms with Crippen molar-refractivity contribution in [2.75, 3.05) is 0 Å². The van der Waals surface area contributed by atoms with Crippen LogP contribution in [0.1, 0.15) is 25.0 Å². The largest absolute Gasteiger partial charge is 0.629 e. The van der Waals surface area contributed by atoms with E-state index >= 15 is 0 Å². The first-order valence-electron chi connectivity index (χ1n) is 8.63. The fourth-order valence-electron chi connectivity index (χ4n) is 2.32. The first-order chi connectivity index (χ1) is 14.8. The Morgan fingerprint density at radius 2 is 1.94 bits per heavy atom. The smallest absolute Gasteiger partial charge is 0.477 e. The highest BCUT2D eigenvalue weighted by Gasteiger charge is 2.37. The van der Waals surface area contributed by atoms with E-state index in [-0.39, 0.29) is 28.5 Å². The SMILES string of the molecule is CCc1cc([N+](=O)[O-])c([P+](=O)ON=C(C)C(=O)O)cc1Oc1ccc(C(F)(F)F)cc1Cl. The maximum Gasteiger partial charge on any atom is 0.629 e. The molecule has 0 aromatic heterocycles. The number of oxime groups is 1. The minimum atomic E-state index is -4.62. The number of ether oxygens (including phenoxy) is 1. The fourth-order valence-corrected chi connectivity index (χ4v) is 3.38. The zero-order valence-corrected chi connectivity index (χ0v) is 18.0. The monoisotopic (exact) mass is 493 g/mol. The summed E-state index contributed by atoms with van der Waals surface area (Å²) < 4.78 is 61.1. The Morgan fingerprint density at radius 1 is 1.28 bits per heavy atom. The van der Waals surface area contributed by atoms with Crippen LogP contribution in [-0.2, 0) is 26.6 Å². The van der Waals surface area contributed by atoms with Gasteiger partial charge in [0.2, 0.25) is 0 Å². The van der Waals surface area contributed by atoms with Crippen molar-refractivity contribution in [2.45, 2.75) is 26.4 Å². The second-order valence-electron chi connectivity index (χ2n) is 6.12. The highest BCUT2D eigenvalue weighted by molar-refractivity contribution is 7.48. The number of rotatable bonds is 8. The lowest BCUT2D eigenvalue weighted by Crippen LogP contribution is -2.10. The Morgan fingerprint density at radius 3 is 2.44 bits per heavy atom. The second kappa shape index (κ2) is 9.92. The number of nitro benzene ring substituents is 1. The Hall–Kier alpha value is -3.24. The van der Waals surface area contributed by atoms with Gasteiger partial charge >= 0.3 is 31.2 Å². The Balaban J connectivity index is 2.51. The van der Waals surface area contributed by atoms with Gasteiger partial charge in [0.25, 0.3) is 0 Å². The van der Waals surface area contributed by atoms with Gasteiger partial charge in [0.15, 0.2) is 5.71 Å². The molecule has 0 aliphatic rings. The summed E-state index contributed by atoms with van der Waals surface area (Å²) in [5, 5.41) is 22.5. The van der Waals surface area contributed by atoms with Crippen LogP contribution in [0, 0.1) is 10.1 Å². The summed E-state index contributed by atoms with van der Waals surface area (Å²) in [5.74, 6) is -1.70. The van der Waals surface area contributed by atoms with Crippen LogP contribution >= 0.6 is 19.6 Å². The van der Waals surface area contributed by atoms with Crippen molar-refractivity contribution in [1.82, 2.24) is 0 Å². The summed E-state index contributed by atoms with van der Waals surface area (Å²) in [7, 11) is -3.03. The standard InChI is InChI=1S/C18H13ClF3N2O7P/c1-3-10-6-13(24(27)28)16(32(29)31-23-9(2)17(25)26)8-15(10)30-14-5-4-11(7-12(14)19)18(20,21)22/h4-8H,3H2,1-2H3/p+1. The predicted octanol–water partition coefficient (Wildman–Crippen LogP) is 5.47. The number of aliphatic carboxylic acids is 1. The van der Waals surface area contributed by atoms with Crippen LogP contribution in [0.5, 0.6) is 11.5 Å². The fraction of sp³-hybridized carbons (Fsp3) is 0.222. The molecule has 2 aromatic carbocycles. The zero-order valence-electron chi connectivity index (χ0n) is 16.3. The summed E-state index contributed by atoms with van der Waals surface area (Å²) in [4.78, 5) is 21.4. The third kappa shape index (κ3) is 5.92. The molecule has 0 saturated carbocycles. The Labute approximate surface area is 184 Å². The van der Waals surface area contributed by atoms with Gasteiger partial charge in [-0.1, -0.05) is 18.5 Å². The molecule has 9 nitrogen and oxygen atoms in total. The maximum absolute atomic E-state index is 12.8. The number of carboxylic acid groups (broad SMARTS) is 1. The summed E-state index contributed by atoms with van der Waals surface area (Å²) in [6.45, 7) is 2.69. The van der Waals surface area contributed by atoms with Crippen molar-refractivity contribution in [1.29, 1.82) is 0 Å². The molecule has 170 valence electrons. The van der Waals surface area contributed by atoms with Gasteiger partial charge in [-0.2, -0.15) is 13.2 Å². The molecule has 2 aromatic rings. The normalized spacial score (nSPS) is 12.3. The quantitative estimate of drug-likeness (QED) is 0.223. The van der Waals surface area contributed by atoms with Gasteiger partial charge in [0.05, 0.1) is 15.5 Å². The third-order valence-corrected chi connectivity index (χ3v) is 5.25. The molecular formula is C18H14ClF3N2O7P+. The number of hydrogen-bond acceptors (Lipinski definition) is 7. The minimum absolute atomic E-state index is 0.0688. The van der Waals surface area contributed by atoms with E-state index in [9.17, 15) is 32.6 Å². The van der Waals surface area contributed by atoms with E-state index in [1.54, 1.807) is 6.92 Å². The molecule has 0 aliphatic heterocycles. The van der Waals surface area contributed by atoms with Gasteiger partial charge in [0, 0.05) is 17.7 Å². The first-order valence-corrected chi connectivity index (χ1v) is 10.2. The van der Waals surface area contributed by atoms with Crippen LogP contribution in [0.15, 0.2) is 35.5 Å². The summed E-state index contributed by atoms with van der Waals surface area (Å²) in [6, 6.07) is 4.44. The summed E-state index contributed by atoms with van der Waals surface area (Å²) in [6.07, 6.45) is -4.41. The van der Waals surface area contributed by atoms with Crippen LogP contribution in [-0.4, -0.2) is 21.7 Å². The highest BCUT2D eigenvalue weighted by atomic mass is 35.5. The molecule has 2 rings (SSSR count). The Bertz CT molecular complexity index is 1120. The van der Waals surface area contributed by atoms with Gasteiger partial charge < -0.3 is 9.84 Å². The predicted molar refractivity (Wildman–Crippen MR) is 108 cm³/mol. The van der Waals surface area contributed by atoms with Crippen molar-refractivity contribution in [3.8, 4) is 11.5 Å². The van der Waals surface area contributed by atoms with Crippen LogP contribution in [0.3, 0.4) is 0 Å². The van der Waals surface area contributed by atoms with E-state index in [1.165, 1.54) is 0 Å². The number of hydrogen-bond donors (Lipinski definition) is 1. The van der Waals surface area contributed by atoms with Crippen LogP contribution < -0.4 is 10.0 Å². The summed E-state index contributed by atoms with van der Waals surface area (Å²) >= 11 is 5.89. The topological polar surface area (TPSA) is 128 Å².